The lowest BCUT2D eigenvalue weighted by molar-refractivity contribution is -0.0000218. The van der Waals surface area contributed by atoms with Gasteiger partial charge < -0.3 is 32.5 Å². The van der Waals surface area contributed by atoms with Crippen molar-refractivity contribution < 1.29 is 41.7 Å². The van der Waals surface area contributed by atoms with E-state index in [4.69, 9.17) is 9.15 Å². The van der Waals surface area contributed by atoms with Crippen LogP contribution < -0.4 is 17.1 Å². The Morgan fingerprint density at radius 3 is 2.21 bits per heavy atom. The average Bonchev–Trinajstić information content (AvgIpc) is 2.69. The molecule has 1 heterocycles. The maximum absolute atomic E-state index is 12.4. The zero-order chi connectivity index (χ0) is 19.7. The number of fused-ring (bicyclic) bond motifs is 1. The number of benzene rings is 3. The van der Waals surface area contributed by atoms with Gasteiger partial charge >= 0.3 is 17.3 Å². The number of carbonyl (C=O) groups excluding carboxylic acids is 1. The van der Waals surface area contributed by atoms with E-state index < -0.39 is 5.97 Å². The normalized spacial score (nSPS) is 10.3. The molecular weight excluding hydrogens is 396 g/mol. The molecule has 0 atom stereocenters. The van der Waals surface area contributed by atoms with Crippen LogP contribution in [0.15, 0.2) is 77.2 Å². The van der Waals surface area contributed by atoms with E-state index in [9.17, 15) is 20.1 Å². The Kier molecular flexibility index (Phi) is 5.57. The Morgan fingerprint density at radius 1 is 0.828 bits per heavy atom. The molecular formula is C22H15ClO6. The quantitative estimate of drug-likeness (QED) is 0.270. The zero-order valence-corrected chi connectivity index (χ0v) is 15.6. The van der Waals surface area contributed by atoms with Gasteiger partial charge in [0.15, 0.2) is 5.75 Å². The molecule has 7 heteroatoms. The van der Waals surface area contributed by atoms with Crippen LogP contribution in [0.25, 0.3) is 22.3 Å². The first kappa shape index (κ1) is 20.0. The van der Waals surface area contributed by atoms with Gasteiger partial charge in [0.25, 0.3) is 0 Å². The highest BCUT2D eigenvalue weighted by Crippen LogP contribution is 2.39. The van der Waals surface area contributed by atoms with Crippen LogP contribution in [0.4, 0.5) is 0 Å². The maximum Gasteiger partial charge on any atom is 0.401 e. The number of hydrogen-bond acceptors (Lipinski definition) is 5. The van der Waals surface area contributed by atoms with Crippen LogP contribution >= 0.6 is 0 Å². The third kappa shape index (κ3) is 4.07. The van der Waals surface area contributed by atoms with E-state index in [2.05, 4.69) is 0 Å². The summed E-state index contributed by atoms with van der Waals surface area (Å²) in [7, 11) is 0. The molecule has 0 saturated heterocycles. The standard InChI is InChI=1S/C22H14O6.ClH/c23-15-8-6-13(7-9-15)21-18(25)12-17-19(27-21)10-16(24)11-20(17)28-22(26)14-4-2-1-3-5-14;/h1-12H,(H2-,23,24,25);1H. The summed E-state index contributed by atoms with van der Waals surface area (Å²) in [4.78, 5) is 12.4. The van der Waals surface area contributed by atoms with Crippen molar-refractivity contribution in [1.29, 1.82) is 0 Å². The predicted octanol–water partition coefficient (Wildman–Crippen LogP) is 1.72. The summed E-state index contributed by atoms with van der Waals surface area (Å²) in [6.07, 6.45) is 0. The number of aromatic hydroxyl groups is 3. The van der Waals surface area contributed by atoms with Gasteiger partial charge in [-0.3, -0.25) is 0 Å². The molecule has 0 unspecified atom stereocenters. The lowest BCUT2D eigenvalue weighted by Gasteiger charge is -2.06. The molecule has 1 aromatic heterocycles. The molecule has 29 heavy (non-hydrogen) atoms. The van der Waals surface area contributed by atoms with Crippen LogP contribution in [0.5, 0.6) is 23.0 Å². The molecule has 0 amide bonds. The largest absolute Gasteiger partial charge is 1.00 e. The topological polar surface area (TPSA) is 98.3 Å². The van der Waals surface area contributed by atoms with Crippen molar-refractivity contribution in [3.05, 3.63) is 78.4 Å². The van der Waals surface area contributed by atoms with Gasteiger partial charge in [0.05, 0.1) is 17.2 Å². The van der Waals surface area contributed by atoms with Gasteiger partial charge in [-0.25, -0.2) is 9.21 Å². The number of rotatable bonds is 3. The fourth-order valence-corrected chi connectivity index (χ4v) is 2.82. The van der Waals surface area contributed by atoms with Crippen molar-refractivity contribution in [1.82, 2.24) is 0 Å². The molecule has 0 aliphatic heterocycles. The van der Waals surface area contributed by atoms with E-state index in [0.717, 1.165) is 0 Å². The van der Waals surface area contributed by atoms with Crippen molar-refractivity contribution in [2.24, 2.45) is 0 Å². The molecule has 0 fully saturated rings. The summed E-state index contributed by atoms with van der Waals surface area (Å²) in [6, 6.07) is 18.5. The Morgan fingerprint density at radius 2 is 1.52 bits per heavy atom. The number of hydrogen-bond donors (Lipinski definition) is 3. The summed E-state index contributed by atoms with van der Waals surface area (Å²) in [5.74, 6) is -0.652. The van der Waals surface area contributed by atoms with Gasteiger partial charge in [0.2, 0.25) is 5.75 Å². The number of halogens is 1. The van der Waals surface area contributed by atoms with E-state index in [1.54, 1.807) is 42.5 Å². The predicted molar refractivity (Wildman–Crippen MR) is 102 cm³/mol. The highest BCUT2D eigenvalue weighted by atomic mass is 35.5. The Hall–Kier alpha value is -3.77. The van der Waals surface area contributed by atoms with E-state index >= 15 is 0 Å². The van der Waals surface area contributed by atoms with Crippen LogP contribution in [-0.4, -0.2) is 21.3 Å². The molecule has 146 valence electrons. The number of phenols is 2. The summed E-state index contributed by atoms with van der Waals surface area (Å²) in [5.41, 5.74) is 1.10. The SMILES string of the molecule is O=C(Oc1cc(O)cc2[o+]c(-c3ccc(O)cc3)c(O)cc12)c1ccccc1.[Cl-]. The smallest absolute Gasteiger partial charge is 0.401 e. The lowest BCUT2D eigenvalue weighted by Crippen LogP contribution is -3.00. The number of phenolic OH excluding ortho intramolecular Hbond substituents is 2. The fraction of sp³-hybridized carbons (Fsp3) is 0. The first-order valence-electron chi connectivity index (χ1n) is 8.41. The molecule has 0 aliphatic carbocycles. The summed E-state index contributed by atoms with van der Waals surface area (Å²) in [5, 5.41) is 30.2. The van der Waals surface area contributed by atoms with Gasteiger partial charge in [0.1, 0.15) is 16.9 Å². The maximum atomic E-state index is 12.4. The van der Waals surface area contributed by atoms with E-state index in [0.29, 0.717) is 16.5 Å². The minimum atomic E-state index is -0.602. The van der Waals surface area contributed by atoms with Crippen molar-refractivity contribution in [3.8, 4) is 34.3 Å². The molecule has 3 aromatic carbocycles. The minimum absolute atomic E-state index is 0. The highest BCUT2D eigenvalue weighted by Gasteiger charge is 2.25. The Bertz CT molecular complexity index is 1170. The van der Waals surface area contributed by atoms with Gasteiger partial charge in [0, 0.05) is 12.1 Å². The second kappa shape index (κ2) is 8.08. The second-order valence-corrected chi connectivity index (χ2v) is 6.12. The van der Waals surface area contributed by atoms with Crippen molar-refractivity contribution in [2.75, 3.05) is 0 Å². The summed E-state index contributed by atoms with van der Waals surface area (Å²) < 4.78 is 11.2. The van der Waals surface area contributed by atoms with Crippen molar-refractivity contribution in [2.45, 2.75) is 0 Å². The lowest BCUT2D eigenvalue weighted by atomic mass is 10.1. The first-order chi connectivity index (χ1) is 13.5. The number of carbonyl (C=O) groups is 1. The minimum Gasteiger partial charge on any atom is -1.00 e. The number of esters is 1. The molecule has 6 nitrogen and oxygen atoms in total. The van der Waals surface area contributed by atoms with E-state index in [-0.39, 0.29) is 46.7 Å². The van der Waals surface area contributed by atoms with Gasteiger partial charge in [-0.05, 0) is 36.4 Å². The van der Waals surface area contributed by atoms with Crippen LogP contribution in [0.2, 0.25) is 0 Å². The van der Waals surface area contributed by atoms with E-state index in [1.165, 1.54) is 30.3 Å². The van der Waals surface area contributed by atoms with E-state index in [1.807, 2.05) is 0 Å². The first-order valence-corrected chi connectivity index (χ1v) is 8.41. The van der Waals surface area contributed by atoms with Crippen LogP contribution in [-0.2, 0) is 0 Å². The Balaban J connectivity index is 0.00000240. The summed E-state index contributed by atoms with van der Waals surface area (Å²) in [6.45, 7) is 0. The zero-order valence-electron chi connectivity index (χ0n) is 14.9. The third-order valence-electron chi connectivity index (χ3n) is 4.16. The Labute approximate surface area is 171 Å². The molecule has 0 radical (unpaired) electrons. The van der Waals surface area contributed by atoms with Gasteiger partial charge in [-0.2, -0.15) is 0 Å². The third-order valence-corrected chi connectivity index (χ3v) is 4.16. The number of ether oxygens (including phenoxy) is 1. The van der Waals surface area contributed by atoms with Crippen molar-refractivity contribution in [3.63, 3.8) is 0 Å². The molecule has 0 bridgehead atoms. The second-order valence-electron chi connectivity index (χ2n) is 6.12. The molecule has 0 aliphatic rings. The fourth-order valence-electron chi connectivity index (χ4n) is 2.82. The molecule has 4 aromatic rings. The molecule has 4 rings (SSSR count). The molecule has 0 saturated carbocycles. The molecule has 3 N–H and O–H groups in total. The monoisotopic (exact) mass is 410 g/mol. The summed E-state index contributed by atoms with van der Waals surface area (Å²) >= 11 is 0. The van der Waals surface area contributed by atoms with Crippen LogP contribution in [0, 0.1) is 0 Å². The van der Waals surface area contributed by atoms with Crippen LogP contribution in [0.3, 0.4) is 0 Å². The van der Waals surface area contributed by atoms with Crippen molar-refractivity contribution >= 4 is 16.9 Å². The van der Waals surface area contributed by atoms with Crippen LogP contribution in [0.1, 0.15) is 10.4 Å². The molecule has 0 spiro atoms. The van der Waals surface area contributed by atoms with Gasteiger partial charge in [-0.15, -0.1) is 0 Å². The highest BCUT2D eigenvalue weighted by molar-refractivity contribution is 5.95. The average molecular weight is 411 g/mol. The van der Waals surface area contributed by atoms with Gasteiger partial charge in [-0.1, -0.05) is 18.2 Å².